The Labute approximate surface area is 132 Å². The molecule has 0 saturated carbocycles. The first-order valence-corrected chi connectivity index (χ1v) is 7.39. The standard InChI is InChI=1S/C15H15BrN2OS/c1-2-18(11-4-3-5-12(19)9-11)14-8-10(16)6-7-13(14)15(17)20/h3-9,19H,2H2,1H3,(H2,17,20). The zero-order valence-electron chi connectivity index (χ0n) is 11.0. The molecule has 0 aliphatic rings. The Hall–Kier alpha value is -1.59. The second-order valence-corrected chi connectivity index (χ2v) is 5.65. The summed E-state index contributed by atoms with van der Waals surface area (Å²) < 4.78 is 0.950. The molecule has 0 aliphatic heterocycles. The molecule has 20 heavy (non-hydrogen) atoms. The van der Waals surface area contributed by atoms with Crippen molar-refractivity contribution in [3.8, 4) is 5.75 Å². The van der Waals surface area contributed by atoms with E-state index in [1.54, 1.807) is 12.1 Å². The van der Waals surface area contributed by atoms with Crippen LogP contribution in [0.15, 0.2) is 46.9 Å². The molecule has 2 aromatic rings. The van der Waals surface area contributed by atoms with E-state index in [1.165, 1.54) is 0 Å². The second-order valence-electron chi connectivity index (χ2n) is 4.29. The number of aromatic hydroxyl groups is 1. The van der Waals surface area contributed by atoms with Crippen LogP contribution in [0.1, 0.15) is 12.5 Å². The van der Waals surface area contributed by atoms with Gasteiger partial charge in [-0.25, -0.2) is 0 Å². The molecule has 5 heteroatoms. The highest BCUT2D eigenvalue weighted by Gasteiger charge is 2.14. The molecule has 2 rings (SSSR count). The van der Waals surface area contributed by atoms with Crippen LogP contribution < -0.4 is 10.6 Å². The van der Waals surface area contributed by atoms with Gasteiger partial charge in [-0.05, 0) is 37.3 Å². The van der Waals surface area contributed by atoms with Crippen LogP contribution in [-0.4, -0.2) is 16.6 Å². The van der Waals surface area contributed by atoms with Crippen molar-refractivity contribution in [3.05, 3.63) is 52.5 Å². The van der Waals surface area contributed by atoms with Crippen molar-refractivity contribution >= 4 is 44.5 Å². The third-order valence-electron chi connectivity index (χ3n) is 2.97. The number of thiocarbonyl (C=S) groups is 1. The first kappa shape index (κ1) is 14.8. The minimum Gasteiger partial charge on any atom is -0.508 e. The van der Waals surface area contributed by atoms with Crippen LogP contribution in [0.5, 0.6) is 5.75 Å². The molecule has 0 fully saturated rings. The number of phenols is 1. The lowest BCUT2D eigenvalue weighted by Gasteiger charge is -2.26. The quantitative estimate of drug-likeness (QED) is 0.819. The Morgan fingerprint density at radius 2 is 2.05 bits per heavy atom. The Bertz CT molecular complexity index is 646. The number of nitrogens with two attached hydrogens (primary N) is 1. The van der Waals surface area contributed by atoms with Crippen molar-refractivity contribution in [3.63, 3.8) is 0 Å². The first-order valence-electron chi connectivity index (χ1n) is 6.19. The Morgan fingerprint density at radius 3 is 2.65 bits per heavy atom. The number of nitrogens with zero attached hydrogens (tertiary/aromatic N) is 1. The zero-order chi connectivity index (χ0) is 14.7. The van der Waals surface area contributed by atoms with E-state index in [1.807, 2.05) is 37.3 Å². The summed E-state index contributed by atoms with van der Waals surface area (Å²) in [7, 11) is 0. The number of benzene rings is 2. The number of anilines is 2. The summed E-state index contributed by atoms with van der Waals surface area (Å²) in [6.45, 7) is 2.77. The second kappa shape index (κ2) is 6.24. The van der Waals surface area contributed by atoms with Gasteiger partial charge in [0.15, 0.2) is 0 Å². The largest absolute Gasteiger partial charge is 0.508 e. The van der Waals surface area contributed by atoms with Gasteiger partial charge in [-0.3, -0.25) is 0 Å². The summed E-state index contributed by atoms with van der Waals surface area (Å²) >= 11 is 8.59. The summed E-state index contributed by atoms with van der Waals surface area (Å²) in [6.07, 6.45) is 0. The Morgan fingerprint density at radius 1 is 1.30 bits per heavy atom. The molecular weight excluding hydrogens is 336 g/mol. The molecule has 0 unspecified atom stereocenters. The van der Waals surface area contributed by atoms with E-state index in [-0.39, 0.29) is 5.75 Å². The molecule has 0 saturated heterocycles. The van der Waals surface area contributed by atoms with Gasteiger partial charge in [0.25, 0.3) is 0 Å². The van der Waals surface area contributed by atoms with E-state index in [2.05, 4.69) is 20.8 Å². The molecule has 0 heterocycles. The van der Waals surface area contributed by atoms with Gasteiger partial charge in [0.05, 0.1) is 5.69 Å². The van der Waals surface area contributed by atoms with Gasteiger partial charge < -0.3 is 15.7 Å². The topological polar surface area (TPSA) is 49.5 Å². The SMILES string of the molecule is CCN(c1cccc(O)c1)c1cc(Br)ccc1C(N)=S. The van der Waals surface area contributed by atoms with Gasteiger partial charge in [-0.2, -0.15) is 0 Å². The Kier molecular flexibility index (Phi) is 4.62. The van der Waals surface area contributed by atoms with Gasteiger partial charge in [-0.1, -0.05) is 34.2 Å². The fourth-order valence-electron chi connectivity index (χ4n) is 2.09. The highest BCUT2D eigenvalue weighted by molar-refractivity contribution is 9.10. The number of rotatable bonds is 4. The molecule has 3 nitrogen and oxygen atoms in total. The van der Waals surface area contributed by atoms with Crippen molar-refractivity contribution in [2.24, 2.45) is 5.73 Å². The molecule has 2 aromatic carbocycles. The Balaban J connectivity index is 2.57. The third-order valence-corrected chi connectivity index (χ3v) is 3.69. The average Bonchev–Trinajstić information content (AvgIpc) is 2.39. The van der Waals surface area contributed by atoms with Crippen molar-refractivity contribution in [1.29, 1.82) is 0 Å². The monoisotopic (exact) mass is 350 g/mol. The smallest absolute Gasteiger partial charge is 0.117 e. The fourth-order valence-corrected chi connectivity index (χ4v) is 2.61. The molecule has 0 aliphatic carbocycles. The summed E-state index contributed by atoms with van der Waals surface area (Å²) in [6, 6.07) is 12.9. The number of hydrogen-bond acceptors (Lipinski definition) is 3. The van der Waals surface area contributed by atoms with E-state index in [4.69, 9.17) is 18.0 Å². The number of halogens is 1. The van der Waals surface area contributed by atoms with Gasteiger partial charge in [-0.15, -0.1) is 0 Å². The van der Waals surface area contributed by atoms with E-state index in [9.17, 15) is 5.11 Å². The zero-order valence-corrected chi connectivity index (χ0v) is 13.4. The maximum atomic E-state index is 9.65. The summed E-state index contributed by atoms with van der Waals surface area (Å²) in [5, 5.41) is 9.65. The van der Waals surface area contributed by atoms with Crippen molar-refractivity contribution in [2.45, 2.75) is 6.92 Å². The van der Waals surface area contributed by atoms with Crippen molar-refractivity contribution < 1.29 is 5.11 Å². The van der Waals surface area contributed by atoms with Crippen molar-refractivity contribution in [1.82, 2.24) is 0 Å². The molecule has 0 amide bonds. The molecule has 0 radical (unpaired) electrons. The van der Waals surface area contributed by atoms with E-state index >= 15 is 0 Å². The van der Waals surface area contributed by atoms with Crippen LogP contribution in [0.3, 0.4) is 0 Å². The predicted molar refractivity (Wildman–Crippen MR) is 90.8 cm³/mol. The molecule has 0 aromatic heterocycles. The van der Waals surface area contributed by atoms with Crippen LogP contribution in [0.2, 0.25) is 0 Å². The summed E-state index contributed by atoms with van der Waals surface area (Å²) in [5.41, 5.74) is 8.43. The minimum atomic E-state index is 0.229. The predicted octanol–water partition coefficient (Wildman–Crippen LogP) is 3.95. The van der Waals surface area contributed by atoms with Crippen LogP contribution >= 0.6 is 28.1 Å². The maximum Gasteiger partial charge on any atom is 0.117 e. The lowest BCUT2D eigenvalue weighted by atomic mass is 10.1. The maximum absolute atomic E-state index is 9.65. The minimum absolute atomic E-state index is 0.229. The summed E-state index contributed by atoms with van der Waals surface area (Å²) in [4.78, 5) is 2.41. The highest BCUT2D eigenvalue weighted by Crippen LogP contribution is 2.32. The van der Waals surface area contributed by atoms with Crippen LogP contribution in [0.25, 0.3) is 0 Å². The third kappa shape index (κ3) is 3.11. The lowest BCUT2D eigenvalue weighted by Crippen LogP contribution is -2.21. The molecule has 0 atom stereocenters. The van der Waals surface area contributed by atoms with E-state index in [0.29, 0.717) is 4.99 Å². The highest BCUT2D eigenvalue weighted by atomic mass is 79.9. The first-order chi connectivity index (χ1) is 9.52. The normalized spacial score (nSPS) is 10.3. The van der Waals surface area contributed by atoms with Gasteiger partial charge in [0.1, 0.15) is 10.7 Å². The fraction of sp³-hybridized carbons (Fsp3) is 0.133. The molecular formula is C15H15BrN2OS. The molecule has 0 spiro atoms. The number of phenolic OH excluding ortho intramolecular Hbond substituents is 1. The number of hydrogen-bond donors (Lipinski definition) is 2. The van der Waals surface area contributed by atoms with Crippen LogP contribution in [-0.2, 0) is 0 Å². The molecule has 3 N–H and O–H groups in total. The van der Waals surface area contributed by atoms with Gasteiger partial charge in [0, 0.05) is 28.3 Å². The lowest BCUT2D eigenvalue weighted by molar-refractivity contribution is 0.475. The van der Waals surface area contributed by atoms with E-state index in [0.717, 1.165) is 28.0 Å². The van der Waals surface area contributed by atoms with E-state index < -0.39 is 0 Å². The van der Waals surface area contributed by atoms with Crippen molar-refractivity contribution in [2.75, 3.05) is 11.4 Å². The molecule has 104 valence electrons. The average molecular weight is 351 g/mol. The van der Waals surface area contributed by atoms with Gasteiger partial charge in [0.2, 0.25) is 0 Å². The summed E-state index contributed by atoms with van der Waals surface area (Å²) in [5.74, 6) is 0.229. The van der Waals surface area contributed by atoms with Crippen LogP contribution in [0.4, 0.5) is 11.4 Å². The molecule has 0 bridgehead atoms. The van der Waals surface area contributed by atoms with Gasteiger partial charge >= 0.3 is 0 Å². The van der Waals surface area contributed by atoms with Crippen LogP contribution in [0, 0.1) is 0 Å².